The molecule has 1 heterocycles. The van der Waals surface area contributed by atoms with Crippen molar-refractivity contribution in [3.63, 3.8) is 0 Å². The summed E-state index contributed by atoms with van der Waals surface area (Å²) in [5.41, 5.74) is 8.72. The molecule has 1 saturated heterocycles. The van der Waals surface area contributed by atoms with E-state index in [2.05, 4.69) is 49.0 Å². The molecule has 4 heteroatoms. The van der Waals surface area contributed by atoms with Gasteiger partial charge in [0.25, 0.3) is 0 Å². The number of rotatable bonds is 6. The van der Waals surface area contributed by atoms with Crippen LogP contribution in [0.15, 0.2) is 23.1 Å². The molecule has 1 aromatic carbocycles. The molecule has 118 valence electrons. The fourth-order valence-electron chi connectivity index (χ4n) is 3.22. The molecule has 0 amide bonds. The van der Waals surface area contributed by atoms with Crippen molar-refractivity contribution in [2.24, 2.45) is 11.7 Å². The van der Waals surface area contributed by atoms with E-state index >= 15 is 0 Å². The topological polar surface area (TPSA) is 32.5 Å². The Kier molecular flexibility index (Phi) is 6.40. The molecule has 0 aromatic heterocycles. The van der Waals surface area contributed by atoms with Gasteiger partial charge < -0.3 is 15.5 Å². The molecular weight excluding hydrogens is 278 g/mol. The first-order valence-corrected chi connectivity index (χ1v) is 8.98. The fraction of sp³-hybridized carbons (Fsp3) is 0.647. The van der Waals surface area contributed by atoms with E-state index in [0.29, 0.717) is 6.54 Å². The van der Waals surface area contributed by atoms with Crippen LogP contribution in [-0.4, -0.2) is 44.4 Å². The van der Waals surface area contributed by atoms with Gasteiger partial charge in [0.05, 0.1) is 0 Å². The predicted molar refractivity (Wildman–Crippen MR) is 94.2 cm³/mol. The van der Waals surface area contributed by atoms with Gasteiger partial charge in [0.15, 0.2) is 0 Å². The quantitative estimate of drug-likeness (QED) is 0.819. The lowest BCUT2D eigenvalue weighted by molar-refractivity contribution is 0.285. The van der Waals surface area contributed by atoms with Gasteiger partial charge in [-0.15, -0.1) is 11.8 Å². The fourth-order valence-corrected chi connectivity index (χ4v) is 4.07. The zero-order chi connectivity index (χ0) is 15.2. The average Bonchev–Trinajstić information content (AvgIpc) is 2.47. The number of benzene rings is 1. The van der Waals surface area contributed by atoms with Gasteiger partial charge in [-0.1, -0.05) is 13.0 Å². The normalized spacial score (nSPS) is 16.7. The standard InChI is InChI=1S/C17H29N3S/c1-4-21-17-7-5-6-16(15(17)12-18)20-10-8-14(9-11-20)13-19(2)3/h5-7,14H,4,8-13,18H2,1-3H3. The number of nitrogens with two attached hydrogens (primary N) is 1. The third-order valence-electron chi connectivity index (χ3n) is 4.19. The summed E-state index contributed by atoms with van der Waals surface area (Å²) < 4.78 is 0. The lowest BCUT2D eigenvalue weighted by Crippen LogP contribution is -2.37. The SMILES string of the molecule is CCSc1cccc(N2CCC(CN(C)C)CC2)c1CN. The van der Waals surface area contributed by atoms with E-state index in [4.69, 9.17) is 5.73 Å². The first-order valence-electron chi connectivity index (χ1n) is 8.00. The molecule has 1 aliphatic heterocycles. The largest absolute Gasteiger partial charge is 0.371 e. The molecule has 0 unspecified atom stereocenters. The molecule has 1 aliphatic rings. The number of thioether (sulfide) groups is 1. The number of anilines is 1. The zero-order valence-corrected chi connectivity index (χ0v) is 14.5. The number of hydrogen-bond acceptors (Lipinski definition) is 4. The highest BCUT2D eigenvalue weighted by Crippen LogP contribution is 2.32. The van der Waals surface area contributed by atoms with Crippen molar-refractivity contribution in [3.05, 3.63) is 23.8 Å². The van der Waals surface area contributed by atoms with Gasteiger partial charge in [0, 0.05) is 42.3 Å². The molecule has 0 saturated carbocycles. The second kappa shape index (κ2) is 8.06. The Morgan fingerprint density at radius 3 is 2.57 bits per heavy atom. The van der Waals surface area contributed by atoms with E-state index < -0.39 is 0 Å². The molecule has 0 radical (unpaired) electrons. The lowest BCUT2D eigenvalue weighted by Gasteiger charge is -2.36. The summed E-state index contributed by atoms with van der Waals surface area (Å²) in [4.78, 5) is 6.20. The first-order chi connectivity index (χ1) is 10.2. The third-order valence-corrected chi connectivity index (χ3v) is 5.17. The smallest absolute Gasteiger partial charge is 0.0423 e. The van der Waals surface area contributed by atoms with Crippen LogP contribution in [0, 0.1) is 5.92 Å². The third kappa shape index (κ3) is 4.38. The van der Waals surface area contributed by atoms with Crippen LogP contribution in [0.5, 0.6) is 0 Å². The summed E-state index contributed by atoms with van der Waals surface area (Å²) in [5.74, 6) is 1.94. The second-order valence-corrected chi connectivity index (χ2v) is 7.39. The van der Waals surface area contributed by atoms with Gasteiger partial charge >= 0.3 is 0 Å². The molecular formula is C17H29N3S. The maximum Gasteiger partial charge on any atom is 0.0423 e. The van der Waals surface area contributed by atoms with Gasteiger partial charge in [-0.3, -0.25) is 0 Å². The molecule has 0 aliphatic carbocycles. The van der Waals surface area contributed by atoms with Crippen molar-refractivity contribution < 1.29 is 0 Å². The average molecular weight is 308 g/mol. The Labute approximate surface area is 133 Å². The highest BCUT2D eigenvalue weighted by molar-refractivity contribution is 7.99. The second-order valence-electron chi connectivity index (χ2n) is 6.08. The Balaban J connectivity index is 2.07. The molecule has 0 atom stereocenters. The molecule has 0 bridgehead atoms. The van der Waals surface area contributed by atoms with E-state index in [0.717, 1.165) is 24.8 Å². The minimum absolute atomic E-state index is 0.635. The van der Waals surface area contributed by atoms with Crippen molar-refractivity contribution in [3.8, 4) is 0 Å². The molecule has 1 aromatic rings. The van der Waals surface area contributed by atoms with Crippen LogP contribution in [0.4, 0.5) is 5.69 Å². The van der Waals surface area contributed by atoms with Gasteiger partial charge in [-0.2, -0.15) is 0 Å². The monoisotopic (exact) mass is 307 g/mol. The van der Waals surface area contributed by atoms with Crippen LogP contribution in [0.2, 0.25) is 0 Å². The van der Waals surface area contributed by atoms with E-state index in [9.17, 15) is 0 Å². The summed E-state index contributed by atoms with van der Waals surface area (Å²) in [7, 11) is 4.34. The summed E-state index contributed by atoms with van der Waals surface area (Å²) in [6.07, 6.45) is 2.57. The van der Waals surface area contributed by atoms with Gasteiger partial charge in [0.1, 0.15) is 0 Å². The molecule has 0 spiro atoms. The van der Waals surface area contributed by atoms with E-state index in [1.165, 1.54) is 35.5 Å². The Bertz CT molecular complexity index is 440. The van der Waals surface area contributed by atoms with E-state index in [-0.39, 0.29) is 0 Å². The minimum Gasteiger partial charge on any atom is -0.371 e. The first kappa shape index (κ1) is 16.7. The zero-order valence-electron chi connectivity index (χ0n) is 13.6. The Morgan fingerprint density at radius 2 is 2.00 bits per heavy atom. The maximum atomic E-state index is 6.03. The van der Waals surface area contributed by atoms with Crippen molar-refractivity contribution in [1.29, 1.82) is 0 Å². The molecule has 3 nitrogen and oxygen atoms in total. The summed E-state index contributed by atoms with van der Waals surface area (Å²) in [5, 5.41) is 0. The van der Waals surface area contributed by atoms with E-state index in [1.807, 2.05) is 11.8 Å². The minimum atomic E-state index is 0.635. The van der Waals surface area contributed by atoms with Crippen molar-refractivity contribution in [1.82, 2.24) is 4.90 Å². The lowest BCUT2D eigenvalue weighted by atomic mass is 9.95. The van der Waals surface area contributed by atoms with Gasteiger partial charge in [-0.05, 0) is 50.7 Å². The highest BCUT2D eigenvalue weighted by atomic mass is 32.2. The van der Waals surface area contributed by atoms with Gasteiger partial charge in [0.2, 0.25) is 0 Å². The van der Waals surface area contributed by atoms with Crippen LogP contribution < -0.4 is 10.6 Å². The van der Waals surface area contributed by atoms with Gasteiger partial charge in [-0.25, -0.2) is 0 Å². The van der Waals surface area contributed by atoms with E-state index in [1.54, 1.807) is 0 Å². The maximum absolute atomic E-state index is 6.03. The van der Waals surface area contributed by atoms with Crippen molar-refractivity contribution in [2.45, 2.75) is 31.2 Å². The predicted octanol–water partition coefficient (Wildman–Crippen LogP) is 3.04. The summed E-state index contributed by atoms with van der Waals surface area (Å²) in [6.45, 7) is 6.36. The van der Waals surface area contributed by atoms with Crippen molar-refractivity contribution >= 4 is 17.4 Å². The number of piperidine rings is 1. The number of hydrogen-bond donors (Lipinski definition) is 1. The van der Waals surface area contributed by atoms with Crippen LogP contribution in [0.25, 0.3) is 0 Å². The van der Waals surface area contributed by atoms with Crippen LogP contribution >= 0.6 is 11.8 Å². The highest BCUT2D eigenvalue weighted by Gasteiger charge is 2.22. The molecule has 1 fully saturated rings. The molecule has 2 rings (SSSR count). The van der Waals surface area contributed by atoms with Crippen LogP contribution in [-0.2, 0) is 6.54 Å². The summed E-state index contributed by atoms with van der Waals surface area (Å²) >= 11 is 1.90. The molecule has 21 heavy (non-hydrogen) atoms. The molecule has 2 N–H and O–H groups in total. The number of nitrogens with zero attached hydrogens (tertiary/aromatic N) is 2. The van der Waals surface area contributed by atoms with Crippen molar-refractivity contribution in [2.75, 3.05) is 44.4 Å². The van der Waals surface area contributed by atoms with Crippen LogP contribution in [0.3, 0.4) is 0 Å². The Hall–Kier alpha value is -0.710. The van der Waals surface area contributed by atoms with Crippen LogP contribution in [0.1, 0.15) is 25.3 Å². The summed E-state index contributed by atoms with van der Waals surface area (Å²) in [6, 6.07) is 6.63. The Morgan fingerprint density at radius 1 is 1.29 bits per heavy atom.